The van der Waals surface area contributed by atoms with Gasteiger partial charge in [0.15, 0.2) is 0 Å². The molecule has 2 atom stereocenters. The van der Waals surface area contributed by atoms with Gasteiger partial charge in [-0.1, -0.05) is 19.1 Å². The van der Waals surface area contributed by atoms with Crippen LogP contribution in [0.5, 0.6) is 5.75 Å². The van der Waals surface area contributed by atoms with Gasteiger partial charge in [-0.05, 0) is 25.0 Å². The van der Waals surface area contributed by atoms with E-state index in [4.69, 9.17) is 15.2 Å². The van der Waals surface area contributed by atoms with Gasteiger partial charge in [-0.25, -0.2) is 0 Å². The van der Waals surface area contributed by atoms with E-state index < -0.39 is 0 Å². The van der Waals surface area contributed by atoms with Crippen LogP contribution in [0.2, 0.25) is 0 Å². The van der Waals surface area contributed by atoms with E-state index in [1.54, 1.807) is 12.1 Å². The molecule has 2 unspecified atom stereocenters. The predicted octanol–water partition coefficient (Wildman–Crippen LogP) is 1.97. The van der Waals surface area contributed by atoms with Gasteiger partial charge < -0.3 is 20.5 Å². The van der Waals surface area contributed by atoms with E-state index in [1.165, 1.54) is 0 Å². The summed E-state index contributed by atoms with van der Waals surface area (Å²) in [5.41, 5.74) is 6.36. The number of hydrogen-bond acceptors (Lipinski definition) is 4. The number of nitrogens with two attached hydrogens (primary N) is 1. The minimum absolute atomic E-state index is 0.00579. The van der Waals surface area contributed by atoms with Gasteiger partial charge in [0, 0.05) is 19.1 Å². The molecule has 0 saturated carbocycles. The number of ether oxygens (including phenoxy) is 2. The van der Waals surface area contributed by atoms with Crippen molar-refractivity contribution in [2.45, 2.75) is 32.3 Å². The molecule has 1 aromatic rings. The monoisotopic (exact) mass is 292 g/mol. The Kier molecular flexibility index (Phi) is 5.87. The highest BCUT2D eigenvalue weighted by molar-refractivity contribution is 5.76. The van der Waals surface area contributed by atoms with Crippen molar-refractivity contribution in [3.05, 3.63) is 24.3 Å². The van der Waals surface area contributed by atoms with Crippen molar-refractivity contribution in [3.8, 4) is 5.75 Å². The minimum Gasteiger partial charge on any atom is -0.491 e. The molecule has 2 rings (SSSR count). The zero-order valence-electron chi connectivity index (χ0n) is 12.5. The third-order valence-corrected chi connectivity index (χ3v) is 3.82. The summed E-state index contributed by atoms with van der Waals surface area (Å²) in [6.45, 7) is 3.93. The lowest BCUT2D eigenvalue weighted by Gasteiger charge is -2.17. The van der Waals surface area contributed by atoms with E-state index in [1.807, 2.05) is 12.1 Å². The molecule has 5 nitrogen and oxygen atoms in total. The molecule has 1 amide bonds. The highest BCUT2D eigenvalue weighted by Gasteiger charge is 2.26. The first kappa shape index (κ1) is 15.6. The van der Waals surface area contributed by atoms with Crippen LogP contribution in [0.4, 0.5) is 5.69 Å². The van der Waals surface area contributed by atoms with Gasteiger partial charge in [0.1, 0.15) is 5.75 Å². The Bertz CT molecular complexity index is 465. The fraction of sp³-hybridized carbons (Fsp3) is 0.562. The number of para-hydroxylation sites is 2. The Morgan fingerprint density at radius 1 is 1.48 bits per heavy atom. The summed E-state index contributed by atoms with van der Waals surface area (Å²) in [5.74, 6) is 1.07. The smallest absolute Gasteiger partial charge is 0.223 e. The van der Waals surface area contributed by atoms with E-state index in [2.05, 4.69) is 12.2 Å². The van der Waals surface area contributed by atoms with E-state index >= 15 is 0 Å². The first-order valence-electron chi connectivity index (χ1n) is 7.56. The van der Waals surface area contributed by atoms with Crippen molar-refractivity contribution >= 4 is 11.6 Å². The zero-order valence-corrected chi connectivity index (χ0v) is 12.5. The van der Waals surface area contributed by atoms with Crippen molar-refractivity contribution in [2.75, 3.05) is 25.5 Å². The molecule has 1 heterocycles. The Labute approximate surface area is 125 Å². The van der Waals surface area contributed by atoms with Crippen LogP contribution in [-0.2, 0) is 9.53 Å². The maximum absolute atomic E-state index is 11.8. The molecule has 0 aliphatic carbocycles. The van der Waals surface area contributed by atoms with Gasteiger partial charge in [0.2, 0.25) is 5.91 Å². The summed E-state index contributed by atoms with van der Waals surface area (Å²) in [5, 5.41) is 2.96. The molecule has 1 aliphatic rings. The maximum Gasteiger partial charge on any atom is 0.223 e. The molecule has 21 heavy (non-hydrogen) atoms. The fourth-order valence-electron chi connectivity index (χ4n) is 2.58. The maximum atomic E-state index is 11.8. The molecule has 3 N–H and O–H groups in total. The summed E-state index contributed by atoms with van der Waals surface area (Å²) in [4.78, 5) is 11.8. The van der Waals surface area contributed by atoms with E-state index in [0.717, 1.165) is 19.4 Å². The second-order valence-corrected chi connectivity index (χ2v) is 5.31. The van der Waals surface area contributed by atoms with Crippen LogP contribution < -0.4 is 15.8 Å². The van der Waals surface area contributed by atoms with Gasteiger partial charge in [-0.3, -0.25) is 4.79 Å². The molecule has 5 heteroatoms. The van der Waals surface area contributed by atoms with Gasteiger partial charge >= 0.3 is 0 Å². The van der Waals surface area contributed by atoms with Gasteiger partial charge in [0.25, 0.3) is 0 Å². The number of anilines is 1. The van der Waals surface area contributed by atoms with Crippen molar-refractivity contribution in [1.29, 1.82) is 0 Å². The van der Waals surface area contributed by atoms with Crippen LogP contribution in [0, 0.1) is 5.92 Å². The van der Waals surface area contributed by atoms with Crippen molar-refractivity contribution in [2.24, 2.45) is 5.92 Å². The van der Waals surface area contributed by atoms with Crippen LogP contribution in [0.1, 0.15) is 26.2 Å². The Morgan fingerprint density at radius 2 is 2.29 bits per heavy atom. The minimum atomic E-state index is 0.00579. The third kappa shape index (κ3) is 4.63. The van der Waals surface area contributed by atoms with Crippen molar-refractivity contribution < 1.29 is 14.3 Å². The highest BCUT2D eigenvalue weighted by Crippen LogP contribution is 2.22. The number of carbonyl (C=O) groups is 1. The molecule has 1 aromatic carbocycles. The Morgan fingerprint density at radius 3 is 3.05 bits per heavy atom. The summed E-state index contributed by atoms with van der Waals surface area (Å²) in [6.07, 6.45) is 2.64. The van der Waals surface area contributed by atoms with E-state index in [9.17, 15) is 4.79 Å². The topological polar surface area (TPSA) is 73.6 Å². The number of benzene rings is 1. The lowest BCUT2D eigenvalue weighted by Crippen LogP contribution is -2.33. The number of carbonyl (C=O) groups excluding carboxylic acids is 1. The first-order valence-corrected chi connectivity index (χ1v) is 7.56. The quantitative estimate of drug-likeness (QED) is 0.754. The fourth-order valence-corrected chi connectivity index (χ4v) is 2.58. The SMILES string of the molecule is CCC1OCCC1CNC(=O)CCOc1ccccc1N. The van der Waals surface area contributed by atoms with E-state index in [-0.39, 0.29) is 12.0 Å². The largest absolute Gasteiger partial charge is 0.491 e. The average molecular weight is 292 g/mol. The summed E-state index contributed by atoms with van der Waals surface area (Å²) in [7, 11) is 0. The Hall–Kier alpha value is -1.75. The van der Waals surface area contributed by atoms with E-state index in [0.29, 0.717) is 36.9 Å². The average Bonchev–Trinajstić information content (AvgIpc) is 2.94. The molecule has 0 spiro atoms. The number of amides is 1. The lowest BCUT2D eigenvalue weighted by atomic mass is 10.00. The molecular formula is C16H24N2O3. The predicted molar refractivity (Wildman–Crippen MR) is 82.1 cm³/mol. The summed E-state index contributed by atoms with van der Waals surface area (Å²) < 4.78 is 11.1. The molecule has 116 valence electrons. The molecule has 1 fully saturated rings. The molecule has 0 radical (unpaired) electrons. The van der Waals surface area contributed by atoms with Crippen molar-refractivity contribution in [1.82, 2.24) is 5.32 Å². The van der Waals surface area contributed by atoms with Crippen LogP contribution in [0.25, 0.3) is 0 Å². The first-order chi connectivity index (χ1) is 10.2. The highest BCUT2D eigenvalue weighted by atomic mass is 16.5. The van der Waals surface area contributed by atoms with Crippen LogP contribution in [0.3, 0.4) is 0 Å². The normalized spacial score (nSPS) is 21.2. The Balaban J connectivity index is 1.65. The standard InChI is InChI=1S/C16H24N2O3/c1-2-14-12(7-9-20-14)11-18-16(19)8-10-21-15-6-4-3-5-13(15)17/h3-6,12,14H,2,7-11,17H2,1H3,(H,18,19). The lowest BCUT2D eigenvalue weighted by molar-refractivity contribution is -0.121. The number of rotatable bonds is 7. The molecule has 1 saturated heterocycles. The van der Waals surface area contributed by atoms with Gasteiger partial charge in [-0.15, -0.1) is 0 Å². The molecule has 0 aromatic heterocycles. The second kappa shape index (κ2) is 7.88. The number of hydrogen-bond donors (Lipinski definition) is 2. The van der Waals surface area contributed by atoms with Crippen LogP contribution in [0.15, 0.2) is 24.3 Å². The number of nitrogen functional groups attached to an aromatic ring is 1. The zero-order chi connectivity index (χ0) is 15.1. The van der Waals surface area contributed by atoms with Crippen LogP contribution >= 0.6 is 0 Å². The third-order valence-electron chi connectivity index (χ3n) is 3.82. The van der Waals surface area contributed by atoms with Gasteiger partial charge in [0.05, 0.1) is 24.8 Å². The molecule has 1 aliphatic heterocycles. The molecule has 0 bridgehead atoms. The number of nitrogens with one attached hydrogen (secondary N) is 1. The summed E-state index contributed by atoms with van der Waals surface area (Å²) in [6, 6.07) is 7.29. The molecular weight excluding hydrogens is 268 g/mol. The van der Waals surface area contributed by atoms with Crippen LogP contribution in [-0.4, -0.2) is 31.8 Å². The van der Waals surface area contributed by atoms with Gasteiger partial charge in [-0.2, -0.15) is 0 Å². The second-order valence-electron chi connectivity index (χ2n) is 5.31. The summed E-state index contributed by atoms with van der Waals surface area (Å²) >= 11 is 0. The van der Waals surface area contributed by atoms with Crippen molar-refractivity contribution in [3.63, 3.8) is 0 Å².